The predicted molar refractivity (Wildman–Crippen MR) is 80.7 cm³/mol. The standard InChI is InChI=1S/C8H16O3Si.C3H11NO2Si/c1-4-7(6(3)11-12)10-8(9)5-2;1-5-7(3,4)6-2/h5-7H,2,4H2,1,3,12H3;4H2,1-3H3. The molecule has 114 valence electrons. The average Bonchev–Trinajstić information content (AvgIpc) is 2.44. The third-order valence-electron chi connectivity index (χ3n) is 2.54. The molecule has 0 aromatic heterocycles. The molecule has 0 spiro atoms. The monoisotopic (exact) mass is 309 g/mol. The van der Waals surface area contributed by atoms with E-state index in [2.05, 4.69) is 6.58 Å². The number of carbonyl (C=O) groups excluding carboxylic acids is 1. The lowest BCUT2D eigenvalue weighted by atomic mass is 10.2. The zero-order chi connectivity index (χ0) is 15.5. The first kappa shape index (κ1) is 20.8. The van der Waals surface area contributed by atoms with Crippen LogP contribution < -0.4 is 5.40 Å². The first-order valence-corrected chi connectivity index (χ1v) is 9.23. The van der Waals surface area contributed by atoms with Gasteiger partial charge < -0.3 is 23.4 Å². The Labute approximate surface area is 120 Å². The van der Waals surface area contributed by atoms with Crippen LogP contribution in [0.15, 0.2) is 12.7 Å². The zero-order valence-electron chi connectivity index (χ0n) is 12.8. The third-order valence-corrected chi connectivity index (χ3v) is 4.91. The number of carbonyl (C=O) groups is 1. The van der Waals surface area contributed by atoms with E-state index in [0.717, 1.165) is 6.42 Å². The van der Waals surface area contributed by atoms with Crippen molar-refractivity contribution in [1.82, 2.24) is 0 Å². The molecule has 0 aromatic carbocycles. The molecule has 2 unspecified atom stereocenters. The highest BCUT2D eigenvalue weighted by atomic mass is 28.4. The van der Waals surface area contributed by atoms with E-state index in [-0.39, 0.29) is 18.2 Å². The molecule has 0 amide bonds. The Kier molecular flexibility index (Phi) is 12.4. The van der Waals surface area contributed by atoms with E-state index in [9.17, 15) is 4.79 Å². The van der Waals surface area contributed by atoms with Crippen LogP contribution >= 0.6 is 0 Å². The maximum Gasteiger partial charge on any atom is 0.418 e. The minimum Gasteiger partial charge on any atom is -0.457 e. The van der Waals surface area contributed by atoms with Gasteiger partial charge in [0.2, 0.25) is 0 Å². The van der Waals surface area contributed by atoms with Crippen molar-refractivity contribution in [1.29, 1.82) is 0 Å². The molecule has 0 rings (SSSR count). The highest BCUT2D eigenvalue weighted by Crippen LogP contribution is 2.07. The van der Waals surface area contributed by atoms with Gasteiger partial charge in [-0.05, 0) is 19.9 Å². The van der Waals surface area contributed by atoms with E-state index in [0.29, 0.717) is 10.5 Å². The predicted octanol–water partition coefficient (Wildman–Crippen LogP) is -0.0137. The third kappa shape index (κ3) is 11.0. The molecular formula is C11H27NO5Si2. The minimum absolute atomic E-state index is 0.00873. The summed E-state index contributed by atoms with van der Waals surface area (Å²) in [5.74, 6) is -0.382. The van der Waals surface area contributed by atoms with Gasteiger partial charge in [-0.1, -0.05) is 13.5 Å². The molecule has 2 atom stereocenters. The average molecular weight is 310 g/mol. The van der Waals surface area contributed by atoms with Gasteiger partial charge in [-0.15, -0.1) is 0 Å². The Bertz CT molecular complexity index is 257. The number of esters is 1. The molecule has 0 aromatic rings. The molecule has 0 aliphatic heterocycles. The molecule has 0 saturated carbocycles. The van der Waals surface area contributed by atoms with E-state index in [4.69, 9.17) is 23.4 Å². The minimum atomic E-state index is -2.15. The van der Waals surface area contributed by atoms with Gasteiger partial charge in [-0.25, -0.2) is 4.79 Å². The Morgan fingerprint density at radius 2 is 1.95 bits per heavy atom. The fourth-order valence-electron chi connectivity index (χ4n) is 0.944. The number of rotatable bonds is 7. The van der Waals surface area contributed by atoms with Crippen molar-refractivity contribution in [2.75, 3.05) is 14.2 Å². The molecular weight excluding hydrogens is 282 g/mol. The topological polar surface area (TPSA) is 80.0 Å². The van der Waals surface area contributed by atoms with Crippen LogP contribution in [0, 0.1) is 0 Å². The van der Waals surface area contributed by atoms with Crippen LogP contribution in [-0.4, -0.2) is 51.6 Å². The van der Waals surface area contributed by atoms with Crippen molar-refractivity contribution in [3.05, 3.63) is 12.7 Å². The molecule has 8 heteroatoms. The molecule has 19 heavy (non-hydrogen) atoms. The van der Waals surface area contributed by atoms with Crippen molar-refractivity contribution in [3.8, 4) is 0 Å². The van der Waals surface area contributed by atoms with Gasteiger partial charge in [-0.3, -0.25) is 0 Å². The smallest absolute Gasteiger partial charge is 0.418 e. The number of nitrogens with two attached hydrogens (primary N) is 1. The lowest BCUT2D eigenvalue weighted by Crippen LogP contribution is -2.47. The van der Waals surface area contributed by atoms with E-state index >= 15 is 0 Å². The summed E-state index contributed by atoms with van der Waals surface area (Å²) in [5, 5.41) is 5.41. The summed E-state index contributed by atoms with van der Waals surface area (Å²) < 4.78 is 19.8. The van der Waals surface area contributed by atoms with Crippen LogP contribution in [0.1, 0.15) is 20.3 Å². The fourth-order valence-corrected chi connectivity index (χ4v) is 1.41. The van der Waals surface area contributed by atoms with E-state index in [1.165, 1.54) is 6.08 Å². The van der Waals surface area contributed by atoms with Gasteiger partial charge in [0.25, 0.3) is 0 Å². The summed E-state index contributed by atoms with van der Waals surface area (Å²) in [6.07, 6.45) is 1.78. The summed E-state index contributed by atoms with van der Waals surface area (Å²) in [5.41, 5.74) is 0. The highest BCUT2D eigenvalue weighted by molar-refractivity contribution is 6.62. The van der Waals surface area contributed by atoms with E-state index in [1.54, 1.807) is 20.8 Å². The number of hydrogen-bond donors (Lipinski definition) is 1. The van der Waals surface area contributed by atoms with Gasteiger partial charge in [0.05, 0.1) is 6.10 Å². The van der Waals surface area contributed by atoms with Gasteiger partial charge in [0, 0.05) is 20.3 Å². The maximum absolute atomic E-state index is 10.8. The summed E-state index contributed by atoms with van der Waals surface area (Å²) in [6.45, 7) is 8.95. The van der Waals surface area contributed by atoms with Crippen molar-refractivity contribution in [3.63, 3.8) is 0 Å². The van der Waals surface area contributed by atoms with E-state index in [1.807, 2.05) is 13.8 Å². The van der Waals surface area contributed by atoms with Crippen LogP contribution in [0.25, 0.3) is 0 Å². The molecule has 0 saturated heterocycles. The van der Waals surface area contributed by atoms with E-state index < -0.39 is 8.72 Å². The molecule has 0 bridgehead atoms. The molecule has 0 heterocycles. The Morgan fingerprint density at radius 1 is 1.47 bits per heavy atom. The molecule has 0 fully saturated rings. The van der Waals surface area contributed by atoms with Crippen molar-refractivity contribution < 1.29 is 22.8 Å². The summed E-state index contributed by atoms with van der Waals surface area (Å²) in [6, 6.07) is 0. The lowest BCUT2D eigenvalue weighted by molar-refractivity contribution is -0.147. The zero-order valence-corrected chi connectivity index (χ0v) is 15.8. The van der Waals surface area contributed by atoms with Gasteiger partial charge in [0.1, 0.15) is 16.6 Å². The number of ether oxygens (including phenoxy) is 1. The van der Waals surface area contributed by atoms with Crippen molar-refractivity contribution >= 4 is 25.2 Å². The van der Waals surface area contributed by atoms with Gasteiger partial charge >= 0.3 is 14.7 Å². The normalized spacial score (nSPS) is 14.0. The summed E-state index contributed by atoms with van der Waals surface area (Å²) in [4.78, 5) is 10.8. The van der Waals surface area contributed by atoms with Crippen LogP contribution in [0.5, 0.6) is 0 Å². The van der Waals surface area contributed by atoms with Crippen molar-refractivity contribution in [2.24, 2.45) is 5.40 Å². The van der Waals surface area contributed by atoms with Crippen LogP contribution in [0.2, 0.25) is 6.55 Å². The SMILES string of the molecule is C=CC(=O)OC(CC)C(C)O[SiH3].CO[Si](C)(N)OC. The fraction of sp³-hybridized carbons (Fsp3) is 0.727. The van der Waals surface area contributed by atoms with Crippen LogP contribution in [0.3, 0.4) is 0 Å². The van der Waals surface area contributed by atoms with Crippen molar-refractivity contribution in [2.45, 2.75) is 39.0 Å². The van der Waals surface area contributed by atoms with Crippen LogP contribution in [0.4, 0.5) is 0 Å². The summed E-state index contributed by atoms with van der Waals surface area (Å²) >= 11 is 0. The molecule has 0 aliphatic carbocycles. The Balaban J connectivity index is 0. The molecule has 0 aliphatic rings. The first-order chi connectivity index (χ1) is 8.77. The van der Waals surface area contributed by atoms with Gasteiger partial charge in [0.15, 0.2) is 0 Å². The maximum atomic E-state index is 10.8. The first-order valence-electron chi connectivity index (χ1n) is 6.02. The summed E-state index contributed by atoms with van der Waals surface area (Å²) in [7, 11) is 1.61. The second-order valence-corrected chi connectivity index (χ2v) is 7.27. The number of hydrogen-bond acceptors (Lipinski definition) is 6. The second-order valence-electron chi connectivity index (χ2n) is 3.95. The molecule has 2 N–H and O–H groups in total. The largest absolute Gasteiger partial charge is 0.457 e. The quantitative estimate of drug-likeness (QED) is 0.405. The Morgan fingerprint density at radius 3 is 2.16 bits per heavy atom. The molecule has 0 radical (unpaired) electrons. The molecule has 6 nitrogen and oxygen atoms in total. The Hall–Kier alpha value is -0.516. The second kappa shape index (κ2) is 11.3. The lowest BCUT2D eigenvalue weighted by Gasteiger charge is -2.21. The van der Waals surface area contributed by atoms with Gasteiger partial charge in [-0.2, -0.15) is 0 Å². The van der Waals surface area contributed by atoms with Crippen LogP contribution in [-0.2, 0) is 22.8 Å². The highest BCUT2D eigenvalue weighted by Gasteiger charge is 2.21.